The minimum absolute atomic E-state index is 0.633. The smallest absolute Gasteiger partial charge is 0.0991 e. The van der Waals surface area contributed by atoms with Crippen molar-refractivity contribution < 1.29 is 0 Å². The first-order chi connectivity index (χ1) is 24.4. The van der Waals surface area contributed by atoms with Crippen LogP contribution in [0.1, 0.15) is 33.4 Å². The van der Waals surface area contributed by atoms with Crippen molar-refractivity contribution in [1.82, 2.24) is 0 Å². The first-order valence-corrected chi connectivity index (χ1v) is 16.8. The molecule has 0 fully saturated rings. The van der Waals surface area contributed by atoms with Crippen molar-refractivity contribution in [2.75, 3.05) is 9.80 Å². The molecule has 0 aliphatic heterocycles. The van der Waals surface area contributed by atoms with E-state index in [-0.39, 0.29) is 0 Å². The van der Waals surface area contributed by atoms with E-state index < -0.39 is 0 Å². The lowest BCUT2D eigenvalue weighted by Gasteiger charge is -2.31. The molecule has 50 heavy (non-hydrogen) atoms. The summed E-state index contributed by atoms with van der Waals surface area (Å²) in [5, 5.41) is 26.2. The van der Waals surface area contributed by atoms with Crippen LogP contribution in [0.15, 0.2) is 133 Å². The average Bonchev–Trinajstić information content (AvgIpc) is 3.14. The van der Waals surface area contributed by atoms with Gasteiger partial charge in [0.2, 0.25) is 0 Å². The second-order valence-corrected chi connectivity index (χ2v) is 13.1. The Balaban J connectivity index is 1.43. The first kappa shape index (κ1) is 30.7. The normalized spacial score (nSPS) is 11.2. The lowest BCUT2D eigenvalue weighted by molar-refractivity contribution is 1.22. The number of nitrogens with zero attached hydrogens (tertiary/aromatic N) is 4. The van der Waals surface area contributed by atoms with Crippen LogP contribution in [0.4, 0.5) is 34.1 Å². The highest BCUT2D eigenvalue weighted by atomic mass is 15.2. The molecule has 0 atom stereocenters. The van der Waals surface area contributed by atoms with Crippen LogP contribution >= 0.6 is 0 Å². The van der Waals surface area contributed by atoms with E-state index in [1.165, 1.54) is 43.8 Å². The number of anilines is 6. The molecule has 0 bridgehead atoms. The van der Waals surface area contributed by atoms with Gasteiger partial charge in [0, 0.05) is 22.1 Å². The number of rotatable bonds is 6. The lowest BCUT2D eigenvalue weighted by Crippen LogP contribution is -2.14. The van der Waals surface area contributed by atoms with Crippen LogP contribution in [-0.4, -0.2) is 0 Å². The van der Waals surface area contributed by atoms with Crippen LogP contribution < -0.4 is 9.80 Å². The number of benzene rings is 8. The quantitative estimate of drug-likeness (QED) is 0.169. The number of hydrogen-bond acceptors (Lipinski definition) is 4. The summed E-state index contributed by atoms with van der Waals surface area (Å²) in [7, 11) is 0. The third-order valence-electron chi connectivity index (χ3n) is 9.94. The van der Waals surface area contributed by atoms with Crippen molar-refractivity contribution in [1.29, 1.82) is 10.5 Å². The molecule has 0 heterocycles. The van der Waals surface area contributed by atoms with Gasteiger partial charge in [-0.25, -0.2) is 0 Å². The molecule has 0 aliphatic carbocycles. The molecule has 0 N–H and O–H groups in total. The predicted molar refractivity (Wildman–Crippen MR) is 208 cm³/mol. The van der Waals surface area contributed by atoms with Gasteiger partial charge in [0.1, 0.15) is 0 Å². The summed E-state index contributed by atoms with van der Waals surface area (Å²) in [6.45, 7) is 8.64. The Morgan fingerprint density at radius 3 is 1.08 bits per heavy atom. The standard InChI is InChI=1S/C46H34N4/c1-29-7-5-8-30(2)45(29)49(37-19-11-33(27-47)12-20-37)41-25-17-35-16-24-40-42(26-18-36-15-23-39(41)43(35)44(36)40)50(38-21-13-34(28-48)14-22-38)46-31(3)9-6-10-32(46)4/h5-26H,1-4H3. The van der Waals surface area contributed by atoms with E-state index in [4.69, 9.17) is 0 Å². The molecule has 0 spiro atoms. The second-order valence-electron chi connectivity index (χ2n) is 13.1. The zero-order valence-corrected chi connectivity index (χ0v) is 28.5. The fourth-order valence-corrected chi connectivity index (χ4v) is 7.62. The topological polar surface area (TPSA) is 54.1 Å². The molecule has 0 amide bonds. The molecule has 0 saturated heterocycles. The Morgan fingerprint density at radius 1 is 0.400 bits per heavy atom. The average molecular weight is 643 g/mol. The van der Waals surface area contributed by atoms with Gasteiger partial charge in [-0.1, -0.05) is 72.8 Å². The minimum atomic E-state index is 0.633. The van der Waals surface area contributed by atoms with Crippen molar-refractivity contribution in [2.24, 2.45) is 0 Å². The van der Waals surface area contributed by atoms with Crippen LogP contribution in [0.5, 0.6) is 0 Å². The van der Waals surface area contributed by atoms with Gasteiger partial charge in [0.25, 0.3) is 0 Å². The Hall–Kier alpha value is -6.62. The third kappa shape index (κ3) is 4.90. The summed E-state index contributed by atoms with van der Waals surface area (Å²) < 4.78 is 0. The van der Waals surface area contributed by atoms with E-state index in [1.54, 1.807) is 0 Å². The summed E-state index contributed by atoms with van der Waals surface area (Å²) in [5.41, 5.74) is 12.4. The second kappa shape index (κ2) is 12.1. The molecule has 8 aromatic rings. The van der Waals surface area contributed by atoms with E-state index in [2.05, 4.69) is 135 Å². The van der Waals surface area contributed by atoms with Crippen molar-refractivity contribution in [2.45, 2.75) is 27.7 Å². The minimum Gasteiger partial charge on any atom is -0.309 e. The molecule has 0 saturated carbocycles. The molecule has 4 heteroatoms. The van der Waals surface area contributed by atoms with Crippen LogP contribution in [0.25, 0.3) is 32.3 Å². The monoisotopic (exact) mass is 642 g/mol. The molecule has 8 aromatic carbocycles. The van der Waals surface area contributed by atoms with Crippen molar-refractivity contribution in [3.05, 3.63) is 167 Å². The van der Waals surface area contributed by atoms with E-state index in [0.717, 1.165) is 44.9 Å². The summed E-state index contributed by atoms with van der Waals surface area (Å²) in [4.78, 5) is 4.69. The summed E-state index contributed by atoms with van der Waals surface area (Å²) in [5.74, 6) is 0. The maximum absolute atomic E-state index is 9.57. The summed E-state index contributed by atoms with van der Waals surface area (Å²) in [6, 6.07) is 51.0. The van der Waals surface area contributed by atoms with Gasteiger partial charge in [-0.15, -0.1) is 0 Å². The maximum atomic E-state index is 9.57. The van der Waals surface area contributed by atoms with Crippen LogP contribution in [0.3, 0.4) is 0 Å². The van der Waals surface area contributed by atoms with Crippen LogP contribution in [0, 0.1) is 50.4 Å². The SMILES string of the molecule is Cc1cccc(C)c1N(c1ccc(C#N)cc1)c1ccc2ccc3c(N(c4ccc(C#N)cc4)c4c(C)cccc4C)ccc4ccc1c2c43. The molecule has 238 valence electrons. The summed E-state index contributed by atoms with van der Waals surface area (Å²) >= 11 is 0. The lowest BCUT2D eigenvalue weighted by atomic mass is 9.91. The number of nitriles is 2. The highest BCUT2D eigenvalue weighted by Gasteiger charge is 2.24. The summed E-state index contributed by atoms with van der Waals surface area (Å²) in [6.07, 6.45) is 0. The zero-order valence-electron chi connectivity index (χ0n) is 28.5. The molecule has 0 aromatic heterocycles. The molecule has 8 rings (SSSR count). The van der Waals surface area contributed by atoms with E-state index in [1.807, 2.05) is 48.5 Å². The van der Waals surface area contributed by atoms with Gasteiger partial charge in [-0.2, -0.15) is 10.5 Å². The van der Waals surface area contributed by atoms with Crippen molar-refractivity contribution in [3.8, 4) is 12.1 Å². The highest BCUT2D eigenvalue weighted by Crippen LogP contribution is 2.49. The van der Waals surface area contributed by atoms with Crippen LogP contribution in [-0.2, 0) is 0 Å². The number of para-hydroxylation sites is 2. The Morgan fingerprint density at radius 2 is 0.740 bits per heavy atom. The molecule has 0 aliphatic rings. The fourth-order valence-electron chi connectivity index (χ4n) is 7.62. The van der Waals surface area contributed by atoms with Gasteiger partial charge in [-0.05, 0) is 132 Å². The third-order valence-corrected chi connectivity index (χ3v) is 9.94. The van der Waals surface area contributed by atoms with Crippen molar-refractivity contribution >= 4 is 66.4 Å². The Kier molecular flexibility index (Phi) is 7.44. The zero-order chi connectivity index (χ0) is 34.5. The van der Waals surface area contributed by atoms with Gasteiger partial charge in [-0.3, -0.25) is 0 Å². The fraction of sp³-hybridized carbons (Fsp3) is 0.0870. The molecule has 4 nitrogen and oxygen atoms in total. The maximum Gasteiger partial charge on any atom is 0.0991 e. The number of hydrogen-bond donors (Lipinski definition) is 0. The molecular formula is C46H34N4. The molecule has 0 unspecified atom stereocenters. The van der Waals surface area contributed by atoms with E-state index in [9.17, 15) is 10.5 Å². The van der Waals surface area contributed by atoms with Gasteiger partial charge in [0.05, 0.1) is 46.0 Å². The highest BCUT2D eigenvalue weighted by molar-refractivity contribution is 6.28. The van der Waals surface area contributed by atoms with Gasteiger partial charge >= 0.3 is 0 Å². The Labute approximate surface area is 292 Å². The van der Waals surface area contributed by atoms with Crippen LogP contribution in [0.2, 0.25) is 0 Å². The molecule has 0 radical (unpaired) electrons. The van der Waals surface area contributed by atoms with Gasteiger partial charge in [0.15, 0.2) is 0 Å². The first-order valence-electron chi connectivity index (χ1n) is 16.8. The van der Waals surface area contributed by atoms with Gasteiger partial charge < -0.3 is 9.80 Å². The Bertz CT molecular complexity index is 2430. The predicted octanol–water partition coefficient (Wildman–Crippen LogP) is 12.5. The van der Waals surface area contributed by atoms with E-state index in [0.29, 0.717) is 11.1 Å². The van der Waals surface area contributed by atoms with E-state index >= 15 is 0 Å². The molecular weight excluding hydrogens is 609 g/mol. The van der Waals surface area contributed by atoms with Crippen molar-refractivity contribution in [3.63, 3.8) is 0 Å². The largest absolute Gasteiger partial charge is 0.309 e. The number of aryl methyl sites for hydroxylation is 4.